The van der Waals surface area contributed by atoms with Crippen molar-refractivity contribution in [3.63, 3.8) is 0 Å². The Balaban J connectivity index is 1.96. The van der Waals surface area contributed by atoms with E-state index in [4.69, 9.17) is 0 Å². The van der Waals surface area contributed by atoms with Crippen LogP contribution in [-0.2, 0) is 0 Å². The van der Waals surface area contributed by atoms with Crippen LogP contribution in [0.15, 0.2) is 0 Å². The topological polar surface area (TPSA) is 27.3 Å². The zero-order valence-electron chi connectivity index (χ0n) is 15.5. The van der Waals surface area contributed by atoms with E-state index in [1.54, 1.807) is 0 Å². The number of rotatable bonds is 4. The highest BCUT2D eigenvalue weighted by atomic mass is 15.4. The molecule has 3 fully saturated rings. The molecule has 3 heterocycles. The average Bonchev–Trinajstić information content (AvgIpc) is 3.01. The minimum absolute atomic E-state index is 0.397. The van der Waals surface area contributed by atoms with Crippen LogP contribution in [0.4, 0.5) is 0 Å². The first kappa shape index (κ1) is 16.7. The summed E-state index contributed by atoms with van der Waals surface area (Å²) >= 11 is 0. The summed E-state index contributed by atoms with van der Waals surface area (Å²) in [7, 11) is 0. The van der Waals surface area contributed by atoms with Gasteiger partial charge >= 0.3 is 0 Å². The number of piperidine rings is 1. The molecule has 2 N–H and O–H groups in total. The Labute approximate surface area is 137 Å². The van der Waals surface area contributed by atoms with Gasteiger partial charge in [0.25, 0.3) is 0 Å². The summed E-state index contributed by atoms with van der Waals surface area (Å²) < 4.78 is 0. The second-order valence-electron chi connectivity index (χ2n) is 8.89. The predicted octanol–water partition coefficient (Wildman–Crippen LogP) is 2.92. The third-order valence-electron chi connectivity index (χ3n) is 7.14. The maximum absolute atomic E-state index is 4.05. The number of hydrogen-bond acceptors (Lipinski definition) is 3. The average molecular weight is 308 g/mol. The first-order chi connectivity index (χ1) is 10.4. The first-order valence-corrected chi connectivity index (χ1v) is 9.64. The summed E-state index contributed by atoms with van der Waals surface area (Å²) in [4.78, 5) is 2.83. The second kappa shape index (κ2) is 6.07. The highest BCUT2D eigenvalue weighted by Crippen LogP contribution is 2.53. The van der Waals surface area contributed by atoms with Gasteiger partial charge in [0.1, 0.15) is 0 Å². The molecule has 3 aliphatic heterocycles. The molecule has 0 aliphatic carbocycles. The Morgan fingerprint density at radius 1 is 1.23 bits per heavy atom. The molecule has 0 aromatic heterocycles. The molecular weight excluding hydrogens is 270 g/mol. The maximum Gasteiger partial charge on any atom is 0.0638 e. The van der Waals surface area contributed by atoms with Crippen LogP contribution < -0.4 is 10.6 Å². The summed E-state index contributed by atoms with van der Waals surface area (Å²) in [6, 6.07) is 1.46. The molecule has 6 atom stereocenters. The fourth-order valence-corrected chi connectivity index (χ4v) is 5.86. The van der Waals surface area contributed by atoms with Gasteiger partial charge in [-0.05, 0) is 61.6 Å². The van der Waals surface area contributed by atoms with Crippen LogP contribution in [0.5, 0.6) is 0 Å². The summed E-state index contributed by atoms with van der Waals surface area (Å²) in [5.41, 5.74) is 0.397. The van der Waals surface area contributed by atoms with Crippen molar-refractivity contribution < 1.29 is 0 Å². The van der Waals surface area contributed by atoms with E-state index in [-0.39, 0.29) is 0 Å². The van der Waals surface area contributed by atoms with Gasteiger partial charge in [-0.15, -0.1) is 0 Å². The Bertz CT molecular complexity index is 392. The smallest absolute Gasteiger partial charge is 0.0638 e. The zero-order chi connectivity index (χ0) is 16.1. The molecule has 0 saturated carbocycles. The Morgan fingerprint density at radius 2 is 1.95 bits per heavy atom. The highest BCUT2D eigenvalue weighted by Gasteiger charge is 2.60. The van der Waals surface area contributed by atoms with E-state index in [0.717, 1.165) is 29.7 Å². The van der Waals surface area contributed by atoms with Crippen LogP contribution >= 0.6 is 0 Å². The van der Waals surface area contributed by atoms with Crippen molar-refractivity contribution in [2.24, 2.45) is 29.1 Å². The standard InChI is InChI=1S/C19H37N3/c1-7-19(5,6)17-15(12(3)4)16-13-11-20-10-9-14(13)21-18(16)22(17)8-2/h12-18,20-21H,7-11H2,1-6H3. The van der Waals surface area contributed by atoms with Crippen molar-refractivity contribution in [2.45, 2.75) is 72.6 Å². The quantitative estimate of drug-likeness (QED) is 0.836. The number of nitrogens with zero attached hydrogens (tertiary/aromatic N) is 1. The molecule has 3 saturated heterocycles. The van der Waals surface area contributed by atoms with Gasteiger partial charge in [0, 0.05) is 12.1 Å². The van der Waals surface area contributed by atoms with Crippen molar-refractivity contribution in [3.05, 3.63) is 0 Å². The summed E-state index contributed by atoms with van der Waals surface area (Å²) in [5.74, 6) is 3.25. The van der Waals surface area contributed by atoms with E-state index in [1.165, 1.54) is 32.5 Å². The molecule has 0 aromatic rings. The van der Waals surface area contributed by atoms with E-state index in [2.05, 4.69) is 57.1 Å². The van der Waals surface area contributed by atoms with Crippen LogP contribution in [0.1, 0.15) is 54.4 Å². The molecule has 0 amide bonds. The van der Waals surface area contributed by atoms with E-state index < -0.39 is 0 Å². The van der Waals surface area contributed by atoms with E-state index in [1.807, 2.05) is 0 Å². The Morgan fingerprint density at radius 3 is 2.55 bits per heavy atom. The predicted molar refractivity (Wildman–Crippen MR) is 93.7 cm³/mol. The van der Waals surface area contributed by atoms with Crippen molar-refractivity contribution in [3.8, 4) is 0 Å². The van der Waals surface area contributed by atoms with Crippen LogP contribution in [-0.4, -0.2) is 42.8 Å². The summed E-state index contributed by atoms with van der Waals surface area (Å²) in [5, 5.41) is 7.72. The lowest BCUT2D eigenvalue weighted by atomic mass is 9.66. The molecule has 3 nitrogen and oxygen atoms in total. The fourth-order valence-electron chi connectivity index (χ4n) is 5.86. The molecule has 3 heteroatoms. The van der Waals surface area contributed by atoms with Crippen LogP contribution in [0.3, 0.4) is 0 Å². The SMILES string of the molecule is CCN1C2NC3CCNCC3C2C(C(C)C)C1C(C)(C)CC. The summed E-state index contributed by atoms with van der Waals surface area (Å²) in [6.45, 7) is 18.2. The molecular formula is C19H37N3. The minimum atomic E-state index is 0.397. The van der Waals surface area contributed by atoms with Gasteiger partial charge in [-0.25, -0.2) is 0 Å². The van der Waals surface area contributed by atoms with Crippen LogP contribution in [0.2, 0.25) is 0 Å². The Kier molecular flexibility index (Phi) is 4.61. The van der Waals surface area contributed by atoms with E-state index in [0.29, 0.717) is 17.6 Å². The van der Waals surface area contributed by atoms with Gasteiger partial charge in [0.05, 0.1) is 6.17 Å². The number of fused-ring (bicyclic) bond motifs is 3. The largest absolute Gasteiger partial charge is 0.316 e. The van der Waals surface area contributed by atoms with Crippen LogP contribution in [0.25, 0.3) is 0 Å². The molecule has 0 bridgehead atoms. The lowest BCUT2D eigenvalue weighted by Gasteiger charge is -2.44. The molecule has 128 valence electrons. The van der Waals surface area contributed by atoms with E-state index in [9.17, 15) is 0 Å². The Hall–Kier alpha value is -0.120. The van der Waals surface area contributed by atoms with Crippen molar-refractivity contribution in [2.75, 3.05) is 19.6 Å². The van der Waals surface area contributed by atoms with Gasteiger partial charge in [0.2, 0.25) is 0 Å². The van der Waals surface area contributed by atoms with Crippen molar-refractivity contribution >= 4 is 0 Å². The minimum Gasteiger partial charge on any atom is -0.316 e. The normalized spacial score (nSPS) is 42.7. The van der Waals surface area contributed by atoms with Gasteiger partial charge in [-0.3, -0.25) is 10.2 Å². The molecule has 6 unspecified atom stereocenters. The van der Waals surface area contributed by atoms with Gasteiger partial charge in [0.15, 0.2) is 0 Å². The highest BCUT2D eigenvalue weighted by molar-refractivity contribution is 5.12. The van der Waals surface area contributed by atoms with Crippen molar-refractivity contribution in [1.29, 1.82) is 0 Å². The summed E-state index contributed by atoms with van der Waals surface area (Å²) in [6.07, 6.45) is 3.19. The number of likely N-dealkylation sites (tertiary alicyclic amines) is 1. The second-order valence-corrected chi connectivity index (χ2v) is 8.89. The van der Waals surface area contributed by atoms with Gasteiger partial charge < -0.3 is 5.32 Å². The molecule has 0 radical (unpaired) electrons. The molecule has 0 aromatic carbocycles. The third-order valence-corrected chi connectivity index (χ3v) is 7.14. The molecule has 3 rings (SSSR count). The fraction of sp³-hybridized carbons (Fsp3) is 1.00. The van der Waals surface area contributed by atoms with E-state index >= 15 is 0 Å². The van der Waals surface area contributed by atoms with Crippen LogP contribution in [0, 0.1) is 29.1 Å². The number of hydrogen-bond donors (Lipinski definition) is 2. The first-order valence-electron chi connectivity index (χ1n) is 9.64. The van der Waals surface area contributed by atoms with Gasteiger partial charge in [-0.1, -0.05) is 41.5 Å². The lowest BCUT2D eigenvalue weighted by Crippen LogP contribution is -2.53. The maximum atomic E-state index is 4.05. The van der Waals surface area contributed by atoms with Crippen molar-refractivity contribution in [1.82, 2.24) is 15.5 Å². The third kappa shape index (κ3) is 2.44. The monoisotopic (exact) mass is 307 g/mol. The molecule has 3 aliphatic rings. The number of nitrogens with one attached hydrogen (secondary N) is 2. The zero-order valence-corrected chi connectivity index (χ0v) is 15.5. The van der Waals surface area contributed by atoms with Gasteiger partial charge in [-0.2, -0.15) is 0 Å². The molecule has 22 heavy (non-hydrogen) atoms. The lowest BCUT2D eigenvalue weighted by molar-refractivity contribution is 0.0484. The molecule has 0 spiro atoms.